The molecule has 15 heavy (non-hydrogen) atoms. The van der Waals surface area contributed by atoms with E-state index in [-0.39, 0.29) is 12.3 Å². The van der Waals surface area contributed by atoms with Crippen molar-refractivity contribution < 1.29 is 18.0 Å². The maximum Gasteiger partial charge on any atom is 0.389 e. The maximum atomic E-state index is 11.8. The average Bonchev–Trinajstić information content (AvgIpc) is 2.80. The van der Waals surface area contributed by atoms with Crippen molar-refractivity contribution in [3.63, 3.8) is 0 Å². The zero-order valence-corrected chi connectivity index (χ0v) is 8.39. The van der Waals surface area contributed by atoms with Crippen LogP contribution in [-0.2, 0) is 4.79 Å². The number of nitrogens with zero attached hydrogens (tertiary/aromatic N) is 1. The minimum atomic E-state index is -4.21. The highest BCUT2D eigenvalue weighted by Gasteiger charge is 2.41. The van der Waals surface area contributed by atoms with Crippen molar-refractivity contribution in [2.75, 3.05) is 13.1 Å². The van der Waals surface area contributed by atoms with E-state index in [1.807, 2.05) is 0 Å². The molecule has 0 spiro atoms. The zero-order valence-electron chi connectivity index (χ0n) is 8.39. The van der Waals surface area contributed by atoms with Crippen molar-refractivity contribution >= 4 is 5.91 Å². The van der Waals surface area contributed by atoms with E-state index in [1.165, 1.54) is 12.8 Å². The highest BCUT2D eigenvalue weighted by molar-refractivity contribution is 5.77. The Bertz CT molecular complexity index is 254. The smallest absolute Gasteiger partial charge is 0.342 e. The Morgan fingerprint density at radius 1 is 1.20 bits per heavy atom. The first-order valence-corrected chi connectivity index (χ1v) is 5.30. The number of amides is 1. The van der Waals surface area contributed by atoms with Crippen LogP contribution in [0.4, 0.5) is 13.2 Å². The van der Waals surface area contributed by atoms with Crippen LogP contribution in [-0.4, -0.2) is 30.1 Å². The topological polar surface area (TPSA) is 20.3 Å². The van der Waals surface area contributed by atoms with Crippen LogP contribution in [0.2, 0.25) is 0 Å². The van der Waals surface area contributed by atoms with Gasteiger partial charge >= 0.3 is 6.18 Å². The number of carbonyl (C=O) groups excluding carboxylic acids is 1. The molecule has 2 aliphatic rings. The third-order valence-corrected chi connectivity index (χ3v) is 3.17. The summed E-state index contributed by atoms with van der Waals surface area (Å²) in [6, 6.07) is 0. The first-order chi connectivity index (χ1) is 6.96. The number of halogens is 3. The molecule has 1 aliphatic carbocycles. The molecule has 0 aromatic heterocycles. The fraction of sp³-hybridized carbons (Fsp3) is 0.900. The average molecular weight is 221 g/mol. The summed E-state index contributed by atoms with van der Waals surface area (Å²) >= 11 is 0. The van der Waals surface area contributed by atoms with Gasteiger partial charge in [0, 0.05) is 19.5 Å². The normalized spacial score (nSPS) is 22.7. The maximum absolute atomic E-state index is 11.8. The molecule has 0 atom stereocenters. The highest BCUT2D eigenvalue weighted by Crippen LogP contribution is 2.41. The van der Waals surface area contributed by atoms with E-state index >= 15 is 0 Å². The second-order valence-corrected chi connectivity index (χ2v) is 4.51. The molecule has 2 rings (SSSR count). The van der Waals surface area contributed by atoms with Crippen molar-refractivity contribution in [2.24, 2.45) is 11.8 Å². The summed E-state index contributed by atoms with van der Waals surface area (Å²) in [5.41, 5.74) is 0. The first kappa shape index (κ1) is 10.8. The van der Waals surface area contributed by atoms with Gasteiger partial charge in [0.1, 0.15) is 0 Å². The Morgan fingerprint density at radius 2 is 1.80 bits per heavy atom. The van der Waals surface area contributed by atoms with Gasteiger partial charge in [0.2, 0.25) is 5.91 Å². The van der Waals surface area contributed by atoms with Gasteiger partial charge in [-0.1, -0.05) is 0 Å². The number of rotatable bonds is 3. The Morgan fingerprint density at radius 3 is 2.27 bits per heavy atom. The molecular formula is C10H14F3NO. The molecule has 2 nitrogen and oxygen atoms in total. The van der Waals surface area contributed by atoms with Crippen LogP contribution in [0.25, 0.3) is 0 Å². The Labute approximate surface area is 86.4 Å². The number of hydrogen-bond donors (Lipinski definition) is 0. The molecule has 0 bridgehead atoms. The fourth-order valence-electron chi connectivity index (χ4n) is 1.99. The van der Waals surface area contributed by atoms with E-state index in [2.05, 4.69) is 0 Å². The van der Waals surface area contributed by atoms with E-state index < -0.39 is 12.6 Å². The lowest BCUT2D eigenvalue weighted by molar-refractivity contribution is -0.153. The Kier molecular flexibility index (Phi) is 2.64. The van der Waals surface area contributed by atoms with Gasteiger partial charge in [-0.2, -0.15) is 13.2 Å². The summed E-state index contributed by atoms with van der Waals surface area (Å²) < 4.78 is 35.5. The second-order valence-electron chi connectivity index (χ2n) is 4.51. The molecule has 0 radical (unpaired) electrons. The molecule has 1 saturated carbocycles. The quantitative estimate of drug-likeness (QED) is 0.715. The molecular weight excluding hydrogens is 207 g/mol. The van der Waals surface area contributed by atoms with Crippen molar-refractivity contribution in [3.8, 4) is 0 Å². The fourth-order valence-corrected chi connectivity index (χ4v) is 1.99. The van der Waals surface area contributed by atoms with Crippen LogP contribution in [0.3, 0.4) is 0 Å². The SMILES string of the molecule is O=C(CCC(F)(F)F)N1CC(C2CC2)C1. The lowest BCUT2D eigenvalue weighted by Gasteiger charge is -2.39. The van der Waals surface area contributed by atoms with Crippen LogP contribution in [0.1, 0.15) is 25.7 Å². The number of hydrogen-bond acceptors (Lipinski definition) is 1. The number of carbonyl (C=O) groups is 1. The molecule has 1 heterocycles. The van der Waals surface area contributed by atoms with Gasteiger partial charge in [0.05, 0.1) is 6.42 Å². The van der Waals surface area contributed by atoms with Crippen molar-refractivity contribution in [1.29, 1.82) is 0 Å². The van der Waals surface area contributed by atoms with Gasteiger partial charge in [-0.3, -0.25) is 4.79 Å². The third kappa shape index (κ3) is 2.86. The van der Waals surface area contributed by atoms with E-state index in [4.69, 9.17) is 0 Å². The van der Waals surface area contributed by atoms with Gasteiger partial charge in [-0.05, 0) is 24.7 Å². The molecule has 1 saturated heterocycles. The summed E-state index contributed by atoms with van der Waals surface area (Å²) in [6.45, 7) is 1.36. The van der Waals surface area contributed by atoms with E-state index in [0.29, 0.717) is 19.0 Å². The van der Waals surface area contributed by atoms with Crippen molar-refractivity contribution in [3.05, 3.63) is 0 Å². The molecule has 0 aromatic carbocycles. The standard InChI is InChI=1S/C10H14F3NO/c11-10(12,13)4-3-9(15)14-5-8(6-14)7-1-2-7/h7-8H,1-6H2. The minimum absolute atomic E-state index is 0.343. The van der Waals surface area contributed by atoms with Gasteiger partial charge < -0.3 is 4.90 Å². The Hall–Kier alpha value is -0.740. The third-order valence-electron chi connectivity index (χ3n) is 3.17. The second kappa shape index (κ2) is 3.68. The van der Waals surface area contributed by atoms with Crippen molar-refractivity contribution in [1.82, 2.24) is 4.90 Å². The monoisotopic (exact) mass is 221 g/mol. The molecule has 0 N–H and O–H groups in total. The van der Waals surface area contributed by atoms with Crippen LogP contribution < -0.4 is 0 Å². The van der Waals surface area contributed by atoms with E-state index in [1.54, 1.807) is 4.90 Å². The summed E-state index contributed by atoms with van der Waals surface area (Å²) in [4.78, 5) is 12.8. The van der Waals surface area contributed by atoms with E-state index in [9.17, 15) is 18.0 Å². The van der Waals surface area contributed by atoms with Crippen LogP contribution in [0, 0.1) is 11.8 Å². The summed E-state index contributed by atoms with van der Waals surface area (Å²) in [5.74, 6) is 0.973. The minimum Gasteiger partial charge on any atom is -0.342 e. The van der Waals surface area contributed by atoms with Crippen LogP contribution in [0.5, 0.6) is 0 Å². The molecule has 0 unspecified atom stereocenters. The van der Waals surface area contributed by atoms with Gasteiger partial charge in [0.15, 0.2) is 0 Å². The molecule has 1 amide bonds. The zero-order chi connectivity index (χ0) is 11.1. The first-order valence-electron chi connectivity index (χ1n) is 5.30. The number of alkyl halides is 3. The molecule has 2 fully saturated rings. The molecule has 86 valence electrons. The van der Waals surface area contributed by atoms with Crippen LogP contribution in [0.15, 0.2) is 0 Å². The van der Waals surface area contributed by atoms with Crippen LogP contribution >= 0.6 is 0 Å². The van der Waals surface area contributed by atoms with Gasteiger partial charge in [-0.25, -0.2) is 0 Å². The predicted molar refractivity (Wildman–Crippen MR) is 48.1 cm³/mol. The summed E-state index contributed by atoms with van der Waals surface area (Å²) in [5, 5.41) is 0. The largest absolute Gasteiger partial charge is 0.389 e. The summed E-state index contributed by atoms with van der Waals surface area (Å²) in [6.07, 6.45) is -3.13. The highest BCUT2D eigenvalue weighted by atomic mass is 19.4. The van der Waals surface area contributed by atoms with Crippen molar-refractivity contribution in [2.45, 2.75) is 31.9 Å². The lowest BCUT2D eigenvalue weighted by Crippen LogP contribution is -2.50. The van der Waals surface area contributed by atoms with E-state index in [0.717, 1.165) is 5.92 Å². The molecule has 0 aromatic rings. The predicted octanol–water partition coefficient (Wildman–Crippen LogP) is 2.20. The summed E-state index contributed by atoms with van der Waals surface area (Å²) in [7, 11) is 0. The Balaban J connectivity index is 1.65. The molecule has 5 heteroatoms. The lowest BCUT2D eigenvalue weighted by atomic mass is 9.94. The van der Waals surface area contributed by atoms with Gasteiger partial charge in [0.25, 0.3) is 0 Å². The number of likely N-dealkylation sites (tertiary alicyclic amines) is 1. The van der Waals surface area contributed by atoms with Gasteiger partial charge in [-0.15, -0.1) is 0 Å². The molecule has 1 aliphatic heterocycles.